The Hall–Kier alpha value is -2.87. The second-order valence-corrected chi connectivity index (χ2v) is 9.19. The standard InChI is InChI=1S/C27H28NO/c1-16-8-7-9-19-20-10-11-22-21(14-17(2)29-22)25(20)24-18(15-27(3,4)5)12-13-28(6)26(24)23(16)19/h7-14H,15H2,1-6H3/q+1/i15D2. The van der Waals surface area contributed by atoms with Gasteiger partial charge in [-0.05, 0) is 65.7 Å². The average molecular weight is 385 g/mol. The van der Waals surface area contributed by atoms with Gasteiger partial charge in [0, 0.05) is 19.6 Å². The molecule has 0 N–H and O–H groups in total. The van der Waals surface area contributed by atoms with Crippen LogP contribution in [0.4, 0.5) is 0 Å². The Kier molecular flexibility index (Phi) is 3.34. The first kappa shape index (κ1) is 16.0. The van der Waals surface area contributed by atoms with Crippen molar-refractivity contribution in [3.8, 4) is 0 Å². The molecule has 2 heteroatoms. The summed E-state index contributed by atoms with van der Waals surface area (Å²) in [4.78, 5) is 0. The van der Waals surface area contributed by atoms with Crippen LogP contribution in [0.3, 0.4) is 0 Å². The van der Waals surface area contributed by atoms with Gasteiger partial charge in [-0.3, -0.25) is 0 Å². The lowest BCUT2D eigenvalue weighted by Crippen LogP contribution is -2.29. The highest BCUT2D eigenvalue weighted by Crippen LogP contribution is 2.41. The predicted octanol–water partition coefficient (Wildman–Crippen LogP) is 6.92. The molecule has 29 heavy (non-hydrogen) atoms. The Morgan fingerprint density at radius 2 is 1.69 bits per heavy atom. The van der Waals surface area contributed by atoms with E-state index in [1.54, 1.807) is 0 Å². The molecular formula is C27H28NO+. The van der Waals surface area contributed by atoms with E-state index in [-0.39, 0.29) is 0 Å². The molecule has 5 rings (SSSR count). The second kappa shape index (κ2) is 6.06. The lowest BCUT2D eigenvalue weighted by molar-refractivity contribution is -0.644. The van der Waals surface area contributed by atoms with E-state index in [1.807, 2.05) is 46.0 Å². The number of hydrogen-bond acceptors (Lipinski definition) is 1. The molecule has 0 amide bonds. The summed E-state index contributed by atoms with van der Waals surface area (Å²) in [5, 5.41) is 6.60. The van der Waals surface area contributed by atoms with Gasteiger partial charge in [0.25, 0.3) is 0 Å². The molecular weight excluding hydrogens is 354 g/mol. The van der Waals surface area contributed by atoms with Crippen LogP contribution in [0.15, 0.2) is 53.1 Å². The molecule has 0 atom stereocenters. The number of nitrogens with zero attached hydrogens (tertiary/aromatic N) is 1. The molecule has 146 valence electrons. The van der Waals surface area contributed by atoms with Crippen LogP contribution in [-0.4, -0.2) is 0 Å². The van der Waals surface area contributed by atoms with Crippen molar-refractivity contribution < 1.29 is 11.7 Å². The zero-order valence-corrected chi connectivity index (χ0v) is 18.0. The van der Waals surface area contributed by atoms with Crippen molar-refractivity contribution in [2.24, 2.45) is 12.5 Å². The summed E-state index contributed by atoms with van der Waals surface area (Å²) < 4.78 is 26.4. The summed E-state index contributed by atoms with van der Waals surface area (Å²) in [5.41, 5.74) is 3.27. The normalized spacial score (nSPS) is 14.1. The summed E-state index contributed by atoms with van der Waals surface area (Å²) >= 11 is 0. The van der Waals surface area contributed by atoms with E-state index in [2.05, 4.69) is 48.9 Å². The van der Waals surface area contributed by atoms with E-state index in [0.29, 0.717) is 0 Å². The van der Waals surface area contributed by atoms with E-state index in [4.69, 9.17) is 7.16 Å². The van der Waals surface area contributed by atoms with Crippen LogP contribution in [0.2, 0.25) is 0 Å². The van der Waals surface area contributed by atoms with Crippen LogP contribution in [-0.2, 0) is 13.4 Å². The number of benzene rings is 3. The molecule has 0 unspecified atom stereocenters. The highest BCUT2D eigenvalue weighted by Gasteiger charge is 2.24. The van der Waals surface area contributed by atoms with Gasteiger partial charge >= 0.3 is 0 Å². The zero-order valence-electron chi connectivity index (χ0n) is 20.0. The monoisotopic (exact) mass is 384 g/mol. The minimum Gasteiger partial charge on any atom is -0.461 e. The van der Waals surface area contributed by atoms with Crippen LogP contribution in [0.25, 0.3) is 43.4 Å². The quantitative estimate of drug-likeness (QED) is 0.226. The fourth-order valence-corrected chi connectivity index (χ4v) is 4.65. The molecule has 3 aromatic carbocycles. The Bertz CT molecular complexity index is 1520. The van der Waals surface area contributed by atoms with Crippen molar-refractivity contribution in [3.05, 3.63) is 65.5 Å². The van der Waals surface area contributed by atoms with Gasteiger partial charge in [0.05, 0.1) is 10.8 Å². The lowest BCUT2D eigenvalue weighted by atomic mass is 9.84. The Morgan fingerprint density at radius 1 is 0.931 bits per heavy atom. The molecule has 0 aliphatic rings. The molecule has 2 aromatic heterocycles. The first-order valence-corrected chi connectivity index (χ1v) is 10.2. The Morgan fingerprint density at radius 3 is 2.45 bits per heavy atom. The van der Waals surface area contributed by atoms with Crippen LogP contribution >= 0.6 is 0 Å². The number of aryl methyl sites for hydroxylation is 3. The molecule has 5 aromatic rings. The van der Waals surface area contributed by atoms with E-state index < -0.39 is 11.8 Å². The van der Waals surface area contributed by atoms with Crippen LogP contribution in [0, 0.1) is 19.3 Å². The maximum atomic E-state index is 9.16. The molecule has 0 radical (unpaired) electrons. The van der Waals surface area contributed by atoms with Crippen molar-refractivity contribution >= 4 is 43.4 Å². The van der Waals surface area contributed by atoms with Crippen LogP contribution < -0.4 is 4.57 Å². The third-order valence-electron chi connectivity index (χ3n) is 5.71. The smallest absolute Gasteiger partial charge is 0.221 e. The van der Waals surface area contributed by atoms with Gasteiger partial charge in [-0.2, -0.15) is 0 Å². The topological polar surface area (TPSA) is 17.0 Å². The number of rotatable bonds is 1. The van der Waals surface area contributed by atoms with Gasteiger partial charge in [0.2, 0.25) is 5.52 Å². The van der Waals surface area contributed by atoms with E-state index in [0.717, 1.165) is 44.0 Å². The fourth-order valence-electron chi connectivity index (χ4n) is 4.65. The third-order valence-corrected chi connectivity index (χ3v) is 5.71. The molecule has 0 saturated heterocycles. The van der Waals surface area contributed by atoms with Crippen molar-refractivity contribution in [3.63, 3.8) is 0 Å². The Labute approximate surface area is 174 Å². The summed E-state index contributed by atoms with van der Waals surface area (Å²) in [5.74, 6) is 0.862. The van der Waals surface area contributed by atoms with Crippen molar-refractivity contribution in [2.45, 2.75) is 41.0 Å². The number of fused-ring (bicyclic) bond motifs is 8. The van der Waals surface area contributed by atoms with E-state index in [9.17, 15) is 0 Å². The maximum absolute atomic E-state index is 9.16. The summed E-state index contributed by atoms with van der Waals surface area (Å²) in [7, 11) is 2.05. The summed E-state index contributed by atoms with van der Waals surface area (Å²) in [6, 6.07) is 14.6. The molecule has 0 saturated carbocycles. The predicted molar refractivity (Wildman–Crippen MR) is 123 cm³/mol. The molecule has 0 spiro atoms. The van der Waals surface area contributed by atoms with Gasteiger partial charge in [-0.25, -0.2) is 4.57 Å². The van der Waals surface area contributed by atoms with Gasteiger partial charge in [0.15, 0.2) is 6.20 Å². The first-order valence-electron chi connectivity index (χ1n) is 11.2. The van der Waals surface area contributed by atoms with Crippen LogP contribution in [0.1, 0.15) is 40.4 Å². The molecule has 0 fully saturated rings. The second-order valence-electron chi connectivity index (χ2n) is 9.19. The average Bonchev–Trinajstić information content (AvgIpc) is 3.07. The van der Waals surface area contributed by atoms with Crippen molar-refractivity contribution in [1.29, 1.82) is 0 Å². The Balaban J connectivity index is 2.21. The molecule has 0 bridgehead atoms. The highest BCUT2D eigenvalue weighted by molar-refractivity contribution is 6.30. The fraction of sp³-hybridized carbons (Fsp3) is 0.296. The largest absolute Gasteiger partial charge is 0.461 e. The molecule has 0 aliphatic carbocycles. The first-order chi connectivity index (χ1) is 14.5. The van der Waals surface area contributed by atoms with E-state index >= 15 is 0 Å². The summed E-state index contributed by atoms with van der Waals surface area (Å²) in [6.45, 7) is 10.0. The number of furan rings is 1. The lowest BCUT2D eigenvalue weighted by Gasteiger charge is -2.20. The van der Waals surface area contributed by atoms with Crippen LogP contribution in [0.5, 0.6) is 0 Å². The SMILES string of the molecule is [2H]C([2H])(c1cc[n+](C)c2c3c(C)cccc3c3ccc4oc(C)cc4c3c12)C(C)(C)C. The highest BCUT2D eigenvalue weighted by atomic mass is 16.3. The summed E-state index contributed by atoms with van der Waals surface area (Å²) in [6.07, 6.45) is 0.476. The molecule has 2 heterocycles. The van der Waals surface area contributed by atoms with Gasteiger partial charge < -0.3 is 4.42 Å². The van der Waals surface area contributed by atoms with E-state index in [1.165, 1.54) is 16.3 Å². The number of pyridine rings is 1. The molecule has 0 aliphatic heterocycles. The maximum Gasteiger partial charge on any atom is 0.221 e. The van der Waals surface area contributed by atoms with Crippen molar-refractivity contribution in [2.75, 3.05) is 0 Å². The zero-order chi connectivity index (χ0) is 22.3. The number of aromatic nitrogens is 1. The number of hydrogen-bond donors (Lipinski definition) is 0. The van der Waals surface area contributed by atoms with Crippen molar-refractivity contribution in [1.82, 2.24) is 0 Å². The van der Waals surface area contributed by atoms with Gasteiger partial charge in [0.1, 0.15) is 18.4 Å². The minimum atomic E-state index is -1.52. The minimum absolute atomic E-state index is 0.562. The van der Waals surface area contributed by atoms with Gasteiger partial charge in [-0.15, -0.1) is 0 Å². The van der Waals surface area contributed by atoms with Gasteiger partial charge in [-0.1, -0.05) is 39.0 Å². The molecule has 2 nitrogen and oxygen atoms in total. The third kappa shape index (κ3) is 2.73.